The van der Waals surface area contributed by atoms with Crippen molar-refractivity contribution >= 4 is 29.9 Å². The molecular formula is C15H30IN5. The molecule has 0 aromatic carbocycles. The van der Waals surface area contributed by atoms with Crippen molar-refractivity contribution in [2.75, 3.05) is 20.1 Å². The summed E-state index contributed by atoms with van der Waals surface area (Å²) in [6.07, 6.45) is 8.62. The lowest BCUT2D eigenvalue weighted by atomic mass is 10.1. The number of hydrogen-bond acceptors (Lipinski definition) is 2. The van der Waals surface area contributed by atoms with Crippen molar-refractivity contribution in [1.29, 1.82) is 0 Å². The predicted octanol–water partition coefficient (Wildman–Crippen LogP) is 2.88. The van der Waals surface area contributed by atoms with E-state index in [2.05, 4.69) is 34.6 Å². The van der Waals surface area contributed by atoms with E-state index in [1.54, 1.807) is 0 Å². The molecule has 0 bridgehead atoms. The normalized spacial score (nSPS) is 11.3. The van der Waals surface area contributed by atoms with Crippen LogP contribution in [-0.2, 0) is 6.54 Å². The number of halogens is 1. The quantitative estimate of drug-likeness (QED) is 0.287. The number of nitrogens with zero attached hydrogens (tertiary/aromatic N) is 3. The molecule has 0 atom stereocenters. The molecule has 5 nitrogen and oxygen atoms in total. The Kier molecular flexibility index (Phi) is 12.4. The molecule has 6 heteroatoms. The largest absolute Gasteiger partial charge is 0.356 e. The number of aromatic nitrogens is 2. The second-order valence-corrected chi connectivity index (χ2v) is 5.44. The van der Waals surface area contributed by atoms with Crippen molar-refractivity contribution in [2.45, 2.75) is 46.1 Å². The van der Waals surface area contributed by atoms with Gasteiger partial charge in [-0.15, -0.1) is 24.0 Å². The van der Waals surface area contributed by atoms with Crippen LogP contribution in [0.2, 0.25) is 0 Å². The molecule has 1 aromatic heterocycles. The fourth-order valence-electron chi connectivity index (χ4n) is 1.99. The van der Waals surface area contributed by atoms with Crippen molar-refractivity contribution < 1.29 is 0 Å². The second-order valence-electron chi connectivity index (χ2n) is 5.44. The summed E-state index contributed by atoms with van der Waals surface area (Å²) in [7, 11) is 1.82. The third kappa shape index (κ3) is 10.6. The highest BCUT2D eigenvalue weighted by Crippen LogP contribution is 2.04. The maximum atomic E-state index is 4.23. The van der Waals surface area contributed by atoms with Crippen LogP contribution in [0.4, 0.5) is 0 Å². The minimum Gasteiger partial charge on any atom is -0.356 e. The van der Waals surface area contributed by atoms with Crippen LogP contribution in [0.1, 0.15) is 39.5 Å². The lowest BCUT2D eigenvalue weighted by Gasteiger charge is -2.12. The molecule has 0 aliphatic heterocycles. The van der Waals surface area contributed by atoms with E-state index in [1.165, 1.54) is 19.3 Å². The molecule has 0 saturated heterocycles. The first-order chi connectivity index (χ1) is 9.72. The van der Waals surface area contributed by atoms with E-state index < -0.39 is 0 Å². The molecule has 0 aliphatic carbocycles. The van der Waals surface area contributed by atoms with E-state index in [4.69, 9.17) is 0 Å². The van der Waals surface area contributed by atoms with Crippen LogP contribution in [0.15, 0.2) is 23.5 Å². The summed E-state index contributed by atoms with van der Waals surface area (Å²) < 4.78 is 1.95. The van der Waals surface area contributed by atoms with Crippen LogP contribution >= 0.6 is 24.0 Å². The van der Waals surface area contributed by atoms with Crippen LogP contribution in [0.3, 0.4) is 0 Å². The molecule has 2 N–H and O–H groups in total. The number of nitrogens with one attached hydrogen (secondary N) is 2. The summed E-state index contributed by atoms with van der Waals surface area (Å²) in [5.74, 6) is 1.70. The molecule has 0 saturated carbocycles. The van der Waals surface area contributed by atoms with Gasteiger partial charge in [0.15, 0.2) is 5.96 Å². The van der Waals surface area contributed by atoms with Gasteiger partial charge in [-0.2, -0.15) is 5.10 Å². The average Bonchev–Trinajstić information content (AvgIpc) is 2.93. The third-order valence-electron chi connectivity index (χ3n) is 3.14. The number of aliphatic imine (C=N–C) groups is 1. The summed E-state index contributed by atoms with van der Waals surface area (Å²) >= 11 is 0. The zero-order valence-electron chi connectivity index (χ0n) is 13.5. The minimum atomic E-state index is 0. The van der Waals surface area contributed by atoms with Gasteiger partial charge in [-0.05, 0) is 24.8 Å². The first-order valence-corrected chi connectivity index (χ1v) is 7.64. The van der Waals surface area contributed by atoms with Gasteiger partial charge < -0.3 is 10.6 Å². The zero-order valence-corrected chi connectivity index (χ0v) is 15.8. The molecule has 0 amide bonds. The monoisotopic (exact) mass is 407 g/mol. The van der Waals surface area contributed by atoms with Crippen LogP contribution in [0.25, 0.3) is 0 Å². The van der Waals surface area contributed by atoms with Gasteiger partial charge in [-0.25, -0.2) is 0 Å². The van der Waals surface area contributed by atoms with Crippen molar-refractivity contribution in [3.8, 4) is 0 Å². The van der Waals surface area contributed by atoms with E-state index in [1.807, 2.05) is 30.2 Å². The molecule has 0 aliphatic rings. The van der Waals surface area contributed by atoms with Crippen LogP contribution in [-0.4, -0.2) is 35.9 Å². The number of hydrogen-bond donors (Lipinski definition) is 2. The Balaban J connectivity index is 0.00000400. The average molecular weight is 407 g/mol. The van der Waals surface area contributed by atoms with Crippen LogP contribution in [0.5, 0.6) is 0 Å². The maximum absolute atomic E-state index is 4.23. The lowest BCUT2D eigenvalue weighted by molar-refractivity contribution is 0.533. The van der Waals surface area contributed by atoms with Gasteiger partial charge in [0.25, 0.3) is 0 Å². The second kappa shape index (κ2) is 12.9. The van der Waals surface area contributed by atoms with E-state index in [0.717, 1.165) is 37.9 Å². The van der Waals surface area contributed by atoms with E-state index >= 15 is 0 Å². The molecule has 122 valence electrons. The molecule has 0 unspecified atom stereocenters. The van der Waals surface area contributed by atoms with Crippen molar-refractivity contribution in [3.63, 3.8) is 0 Å². The molecule has 0 spiro atoms. The first-order valence-electron chi connectivity index (χ1n) is 7.64. The van der Waals surface area contributed by atoms with E-state index in [0.29, 0.717) is 0 Å². The fraction of sp³-hybridized carbons (Fsp3) is 0.733. The molecule has 21 heavy (non-hydrogen) atoms. The Morgan fingerprint density at radius 1 is 1.19 bits per heavy atom. The van der Waals surface area contributed by atoms with Gasteiger partial charge in [0.1, 0.15) is 0 Å². The smallest absolute Gasteiger partial charge is 0.190 e. The van der Waals surface area contributed by atoms with Crippen LogP contribution < -0.4 is 10.6 Å². The SMILES string of the molecule is CN=C(NCCCCC(C)C)NCCCn1cccn1.I. The predicted molar refractivity (Wildman–Crippen MR) is 100 cm³/mol. The zero-order chi connectivity index (χ0) is 14.6. The summed E-state index contributed by atoms with van der Waals surface area (Å²) in [4.78, 5) is 4.23. The molecule has 0 fully saturated rings. The van der Waals surface area contributed by atoms with Crippen molar-refractivity contribution in [1.82, 2.24) is 20.4 Å². The topological polar surface area (TPSA) is 54.2 Å². The van der Waals surface area contributed by atoms with Gasteiger partial charge >= 0.3 is 0 Å². The summed E-state index contributed by atoms with van der Waals surface area (Å²) in [5, 5.41) is 10.9. The Bertz CT molecular complexity index is 362. The number of rotatable bonds is 9. The van der Waals surface area contributed by atoms with E-state index in [9.17, 15) is 0 Å². The van der Waals surface area contributed by atoms with Gasteiger partial charge in [0.05, 0.1) is 0 Å². The number of unbranched alkanes of at least 4 members (excludes halogenated alkanes) is 1. The van der Waals surface area contributed by atoms with Gasteiger partial charge in [-0.3, -0.25) is 9.67 Å². The maximum Gasteiger partial charge on any atom is 0.190 e. The fourth-order valence-corrected chi connectivity index (χ4v) is 1.99. The molecular weight excluding hydrogens is 377 g/mol. The number of aryl methyl sites for hydroxylation is 1. The highest BCUT2D eigenvalue weighted by molar-refractivity contribution is 14.0. The Morgan fingerprint density at radius 2 is 1.90 bits per heavy atom. The van der Waals surface area contributed by atoms with Crippen molar-refractivity contribution in [2.24, 2.45) is 10.9 Å². The Morgan fingerprint density at radius 3 is 2.48 bits per heavy atom. The number of guanidine groups is 1. The summed E-state index contributed by atoms with van der Waals surface area (Å²) in [6.45, 7) is 7.38. The van der Waals surface area contributed by atoms with E-state index in [-0.39, 0.29) is 24.0 Å². The van der Waals surface area contributed by atoms with Crippen molar-refractivity contribution in [3.05, 3.63) is 18.5 Å². The van der Waals surface area contributed by atoms with Gasteiger partial charge in [0.2, 0.25) is 0 Å². The van der Waals surface area contributed by atoms with Crippen LogP contribution in [0, 0.1) is 5.92 Å². The summed E-state index contributed by atoms with van der Waals surface area (Å²) in [5.41, 5.74) is 0. The summed E-state index contributed by atoms with van der Waals surface area (Å²) in [6, 6.07) is 1.95. The standard InChI is InChI=1S/C15H29N5.HI/c1-14(2)8-4-5-9-17-15(16-3)18-10-6-12-20-13-7-11-19-20;/h7,11,13-14H,4-6,8-10,12H2,1-3H3,(H2,16,17,18);1H. The first kappa shape index (κ1) is 20.2. The molecule has 1 rings (SSSR count). The molecule has 1 heterocycles. The lowest BCUT2D eigenvalue weighted by Crippen LogP contribution is -2.38. The molecule has 1 aromatic rings. The van der Waals surface area contributed by atoms with Gasteiger partial charge in [-0.1, -0.05) is 26.7 Å². The highest BCUT2D eigenvalue weighted by Gasteiger charge is 1.98. The minimum absolute atomic E-state index is 0. The Hall–Kier alpha value is -0.790. The highest BCUT2D eigenvalue weighted by atomic mass is 127. The third-order valence-corrected chi connectivity index (χ3v) is 3.14. The Labute approximate surface area is 146 Å². The van der Waals surface area contributed by atoms with Gasteiger partial charge in [0, 0.05) is 39.1 Å². The molecule has 0 radical (unpaired) electrons.